The molecule has 0 aliphatic carbocycles. The van der Waals surface area contributed by atoms with E-state index in [2.05, 4.69) is 5.32 Å². The van der Waals surface area contributed by atoms with Gasteiger partial charge in [0.2, 0.25) is 9.84 Å². The summed E-state index contributed by atoms with van der Waals surface area (Å²) in [7, 11) is -1.31. The monoisotopic (exact) mass is 251 g/mol. The van der Waals surface area contributed by atoms with Crippen molar-refractivity contribution in [1.29, 1.82) is 0 Å². The molecule has 0 saturated carbocycles. The number of rotatable bonds is 4. The maximum atomic E-state index is 12.2. The first kappa shape index (κ1) is 12.3. The lowest BCUT2D eigenvalue weighted by atomic mass is 10.1. The van der Waals surface area contributed by atoms with E-state index in [0.29, 0.717) is 9.80 Å². The van der Waals surface area contributed by atoms with Crippen LogP contribution in [-0.2, 0) is 16.3 Å². The van der Waals surface area contributed by atoms with Crippen molar-refractivity contribution in [3.05, 3.63) is 34.2 Å². The van der Waals surface area contributed by atoms with Crippen LogP contribution in [0.3, 0.4) is 0 Å². The van der Waals surface area contributed by atoms with Crippen LogP contribution in [0.2, 0.25) is 0 Å². The number of sulfone groups is 1. The molecule has 1 aromatic carbocycles. The van der Waals surface area contributed by atoms with Gasteiger partial charge in [0.15, 0.2) is 0 Å². The Morgan fingerprint density at radius 2 is 2.06 bits per heavy atom. The molecule has 17 heavy (non-hydrogen) atoms. The van der Waals surface area contributed by atoms with Crippen LogP contribution in [0.15, 0.2) is 28.0 Å². The number of benzene rings is 1. The molecular weight excluding hydrogens is 234 g/mol. The zero-order valence-corrected chi connectivity index (χ0v) is 11.0. The van der Waals surface area contributed by atoms with Gasteiger partial charge in [0, 0.05) is 4.91 Å². The van der Waals surface area contributed by atoms with Gasteiger partial charge in [0.25, 0.3) is 0 Å². The molecule has 0 atom stereocenters. The minimum Gasteiger partial charge on any atom is -0.320 e. The third kappa shape index (κ3) is 2.15. The summed E-state index contributed by atoms with van der Waals surface area (Å²) in [6.07, 6.45) is 3.50. The molecule has 4 heteroatoms. The Hall–Kier alpha value is -1.13. The normalized spacial score (nSPS) is 16.7. The van der Waals surface area contributed by atoms with Gasteiger partial charge in [0.05, 0.1) is 4.90 Å². The maximum absolute atomic E-state index is 12.2. The fraction of sp³-hybridized carbons (Fsp3) is 0.385. The van der Waals surface area contributed by atoms with E-state index in [1.807, 2.05) is 25.2 Å². The SMILES string of the molecule is CNCCCc1cccc2c1S(=O)(=O)C(C)=C2. The first-order valence-electron chi connectivity index (χ1n) is 5.77. The molecule has 92 valence electrons. The predicted octanol–water partition coefficient (Wildman–Crippen LogP) is 1.99. The largest absolute Gasteiger partial charge is 0.320 e. The van der Waals surface area contributed by atoms with Crippen LogP contribution in [-0.4, -0.2) is 22.0 Å². The molecule has 2 rings (SSSR count). The summed E-state index contributed by atoms with van der Waals surface area (Å²) in [5.41, 5.74) is 1.77. The Bertz CT molecular complexity index is 559. The van der Waals surface area contributed by atoms with Crippen molar-refractivity contribution in [3.8, 4) is 0 Å². The molecule has 3 nitrogen and oxygen atoms in total. The predicted molar refractivity (Wildman–Crippen MR) is 69.5 cm³/mol. The van der Waals surface area contributed by atoms with E-state index in [9.17, 15) is 8.42 Å². The highest BCUT2D eigenvalue weighted by Gasteiger charge is 2.28. The van der Waals surface area contributed by atoms with Crippen molar-refractivity contribution in [1.82, 2.24) is 5.32 Å². The molecule has 0 spiro atoms. The number of hydrogen-bond donors (Lipinski definition) is 1. The minimum atomic E-state index is -3.21. The summed E-state index contributed by atoms with van der Waals surface area (Å²) in [5, 5.41) is 3.07. The van der Waals surface area contributed by atoms with E-state index in [1.165, 1.54) is 0 Å². The molecule has 0 bridgehead atoms. The summed E-state index contributed by atoms with van der Waals surface area (Å²) >= 11 is 0. The quantitative estimate of drug-likeness (QED) is 0.832. The first-order valence-corrected chi connectivity index (χ1v) is 7.25. The van der Waals surface area contributed by atoms with Crippen molar-refractivity contribution >= 4 is 15.9 Å². The Morgan fingerprint density at radius 1 is 1.29 bits per heavy atom. The van der Waals surface area contributed by atoms with Gasteiger partial charge in [-0.3, -0.25) is 0 Å². The summed E-state index contributed by atoms with van der Waals surface area (Å²) in [6.45, 7) is 2.56. The van der Waals surface area contributed by atoms with E-state index in [0.717, 1.165) is 30.5 Å². The van der Waals surface area contributed by atoms with E-state index in [4.69, 9.17) is 0 Å². The molecule has 0 unspecified atom stereocenters. The molecule has 0 amide bonds. The molecule has 0 aromatic heterocycles. The second-order valence-electron chi connectivity index (χ2n) is 4.30. The fourth-order valence-electron chi connectivity index (χ4n) is 2.16. The zero-order valence-electron chi connectivity index (χ0n) is 10.2. The number of nitrogens with one attached hydrogen (secondary N) is 1. The maximum Gasteiger partial charge on any atom is 0.203 e. The Morgan fingerprint density at radius 3 is 2.76 bits per heavy atom. The molecule has 0 fully saturated rings. The van der Waals surface area contributed by atoms with Gasteiger partial charge in [-0.05, 0) is 50.6 Å². The molecule has 1 aromatic rings. The third-order valence-corrected chi connectivity index (χ3v) is 5.05. The lowest BCUT2D eigenvalue weighted by Crippen LogP contribution is -2.10. The lowest BCUT2D eigenvalue weighted by molar-refractivity contribution is 0.601. The molecule has 0 radical (unpaired) electrons. The second-order valence-corrected chi connectivity index (χ2v) is 6.36. The van der Waals surface area contributed by atoms with E-state index in [-0.39, 0.29) is 0 Å². The highest BCUT2D eigenvalue weighted by Crippen LogP contribution is 2.35. The van der Waals surface area contributed by atoms with Crippen molar-refractivity contribution in [2.75, 3.05) is 13.6 Å². The van der Waals surface area contributed by atoms with Crippen LogP contribution in [0.1, 0.15) is 24.5 Å². The number of hydrogen-bond acceptors (Lipinski definition) is 3. The molecule has 1 heterocycles. The van der Waals surface area contributed by atoms with Gasteiger partial charge in [-0.2, -0.15) is 0 Å². The van der Waals surface area contributed by atoms with E-state index < -0.39 is 9.84 Å². The highest BCUT2D eigenvalue weighted by molar-refractivity contribution is 7.95. The fourth-order valence-corrected chi connectivity index (χ4v) is 3.71. The van der Waals surface area contributed by atoms with Gasteiger partial charge < -0.3 is 5.32 Å². The molecular formula is C13H17NO2S. The van der Waals surface area contributed by atoms with Crippen molar-refractivity contribution in [2.24, 2.45) is 0 Å². The summed E-state index contributed by atoms with van der Waals surface area (Å²) in [5.74, 6) is 0. The van der Waals surface area contributed by atoms with Crippen LogP contribution in [0.4, 0.5) is 0 Å². The molecule has 1 aliphatic heterocycles. The highest BCUT2D eigenvalue weighted by atomic mass is 32.2. The summed E-state index contributed by atoms with van der Waals surface area (Å²) < 4.78 is 24.3. The van der Waals surface area contributed by atoms with Gasteiger partial charge in [0.1, 0.15) is 0 Å². The van der Waals surface area contributed by atoms with Gasteiger partial charge in [-0.15, -0.1) is 0 Å². The number of aryl methyl sites for hydroxylation is 1. The number of fused-ring (bicyclic) bond motifs is 1. The van der Waals surface area contributed by atoms with E-state index in [1.54, 1.807) is 13.0 Å². The second kappa shape index (κ2) is 4.63. The van der Waals surface area contributed by atoms with Crippen molar-refractivity contribution in [2.45, 2.75) is 24.7 Å². The summed E-state index contributed by atoms with van der Waals surface area (Å²) in [4.78, 5) is 0.974. The van der Waals surface area contributed by atoms with Gasteiger partial charge >= 0.3 is 0 Å². The topological polar surface area (TPSA) is 46.2 Å². The van der Waals surface area contributed by atoms with Gasteiger partial charge in [-0.1, -0.05) is 18.2 Å². The molecule has 0 saturated heterocycles. The summed E-state index contributed by atoms with van der Waals surface area (Å²) in [6, 6.07) is 5.71. The third-order valence-electron chi connectivity index (χ3n) is 3.05. The molecule has 1 aliphatic rings. The smallest absolute Gasteiger partial charge is 0.203 e. The van der Waals surface area contributed by atoms with Crippen molar-refractivity contribution in [3.63, 3.8) is 0 Å². The average Bonchev–Trinajstić information content (AvgIpc) is 2.51. The molecule has 1 N–H and O–H groups in total. The van der Waals surface area contributed by atoms with Crippen LogP contribution in [0, 0.1) is 0 Å². The minimum absolute atomic E-state index is 0.452. The van der Waals surface area contributed by atoms with Crippen LogP contribution >= 0.6 is 0 Å². The Labute approximate surface area is 102 Å². The van der Waals surface area contributed by atoms with Crippen molar-refractivity contribution < 1.29 is 8.42 Å². The van der Waals surface area contributed by atoms with Crippen LogP contribution < -0.4 is 5.32 Å². The first-order chi connectivity index (χ1) is 8.07. The Kier molecular flexibility index (Phi) is 3.35. The van der Waals surface area contributed by atoms with E-state index >= 15 is 0 Å². The average molecular weight is 251 g/mol. The number of allylic oxidation sites excluding steroid dienone is 1. The Balaban J connectivity index is 2.38. The lowest BCUT2D eigenvalue weighted by Gasteiger charge is -2.08. The van der Waals surface area contributed by atoms with Gasteiger partial charge in [-0.25, -0.2) is 8.42 Å². The van der Waals surface area contributed by atoms with Crippen LogP contribution in [0.5, 0.6) is 0 Å². The van der Waals surface area contributed by atoms with Crippen LogP contribution in [0.25, 0.3) is 6.08 Å². The standard InChI is InChI=1S/C13H17NO2S/c1-10-9-12-6-3-5-11(7-4-8-14-2)13(12)17(10,15)16/h3,5-6,9,14H,4,7-8H2,1-2H3. The zero-order chi connectivity index (χ0) is 12.5.